The van der Waals surface area contributed by atoms with Crippen LogP contribution in [0, 0.1) is 0 Å². The van der Waals surface area contributed by atoms with Crippen molar-refractivity contribution in [1.82, 2.24) is 0 Å². The first-order chi connectivity index (χ1) is 18.8. The lowest BCUT2D eigenvalue weighted by atomic mass is 10.0. The number of allylic oxidation sites excluding steroid dienone is 1. The van der Waals surface area contributed by atoms with Crippen molar-refractivity contribution in [3.8, 4) is 17.2 Å². The Kier molecular flexibility index (Phi) is 14.3. The summed E-state index contributed by atoms with van der Waals surface area (Å²) in [7, 11) is 1.85. The second-order valence-corrected chi connectivity index (χ2v) is 11.2. The van der Waals surface area contributed by atoms with E-state index in [0.29, 0.717) is 13.2 Å². The molecule has 0 bridgehead atoms. The molecule has 0 atom stereocenters. The quantitative estimate of drug-likeness (QED) is 0.108. The number of halogens is 1. The molecule has 0 saturated carbocycles. The smallest absolute Gasteiger partial charge is 0.335 e. The van der Waals surface area contributed by atoms with Crippen LogP contribution in [0.3, 0.4) is 0 Å². The first-order valence-electron chi connectivity index (χ1n) is 12.5. The van der Waals surface area contributed by atoms with Crippen LogP contribution in [0.1, 0.15) is 37.5 Å². The molecule has 3 rings (SSSR count). The van der Waals surface area contributed by atoms with Crippen LogP contribution in [-0.4, -0.2) is 41.3 Å². The zero-order valence-corrected chi connectivity index (χ0v) is 25.9. The molecule has 7 nitrogen and oxygen atoms in total. The van der Waals surface area contributed by atoms with E-state index in [2.05, 4.69) is 28.9 Å². The maximum absolute atomic E-state index is 12.3. The Bertz CT molecular complexity index is 1240. The highest BCUT2D eigenvalue weighted by Gasteiger charge is 2.24. The number of benzene rings is 3. The Morgan fingerprint density at radius 1 is 0.872 bits per heavy atom. The number of hydrogen-bond donors (Lipinski definition) is 0. The third kappa shape index (κ3) is 11.2. The zero-order valence-electron chi connectivity index (χ0n) is 23.4. The van der Waals surface area contributed by atoms with Gasteiger partial charge in [0.2, 0.25) is 0 Å². The van der Waals surface area contributed by atoms with Crippen LogP contribution in [0.4, 0.5) is 0 Å². The van der Waals surface area contributed by atoms with E-state index in [1.54, 1.807) is 35.2 Å². The molecule has 0 aliphatic rings. The molecule has 0 aromatic heterocycles. The van der Waals surface area contributed by atoms with Gasteiger partial charge in [0.05, 0.1) is 33.6 Å². The van der Waals surface area contributed by atoms with E-state index in [-0.39, 0.29) is 13.0 Å². The van der Waals surface area contributed by atoms with Gasteiger partial charge >= 0.3 is 7.60 Å². The summed E-state index contributed by atoms with van der Waals surface area (Å²) in [4.78, 5) is 0. The van der Waals surface area contributed by atoms with Crippen LogP contribution in [0.15, 0.2) is 71.2 Å². The maximum Gasteiger partial charge on any atom is 0.335 e. The monoisotopic (exact) mass is 620 g/mol. The topological polar surface area (TPSA) is 72.5 Å². The first kappa shape index (κ1) is 32.6. The van der Waals surface area contributed by atoms with E-state index >= 15 is 0 Å². The Labute approximate surface area is 240 Å². The van der Waals surface area contributed by atoms with E-state index in [1.807, 2.05) is 66.7 Å². The Hall–Kier alpha value is -2.61. The zero-order chi connectivity index (χ0) is 28.7. The van der Waals surface area contributed by atoms with Gasteiger partial charge in [-0.15, -0.1) is 0 Å². The lowest BCUT2D eigenvalue weighted by Gasteiger charge is -2.17. The van der Waals surface area contributed by atoms with E-state index < -0.39 is 7.60 Å². The SMILES string of the molecule is CCOP(=O)(Cc1cccc(OC)c1)OCC.COCOc1cc(Br)ccc1C(C)=Cc1cccc(OC)c1. The standard InChI is InChI=1S/C18H19BrO3.C12H19O4P/c1-13(9-14-5-4-6-16(10-14)21-3)17-8-7-15(19)11-18(17)22-12-20-2;1-4-15-17(13,16-5-2)10-11-7-6-8-12(9-11)14-3/h4-11H,12H2,1-3H3;6-9H,4-5,10H2,1-3H3. The fourth-order valence-corrected chi connectivity index (χ4v) is 5.67. The minimum absolute atomic E-state index is 0.218. The largest absolute Gasteiger partial charge is 0.497 e. The third-order valence-electron chi connectivity index (χ3n) is 5.34. The average Bonchev–Trinajstić information content (AvgIpc) is 2.92. The molecular weight excluding hydrogens is 583 g/mol. The van der Waals surface area contributed by atoms with Gasteiger partial charge in [0.25, 0.3) is 0 Å². The summed E-state index contributed by atoms with van der Waals surface area (Å²) in [6.45, 7) is 6.63. The van der Waals surface area contributed by atoms with E-state index in [4.69, 9.17) is 28.0 Å². The maximum atomic E-state index is 12.3. The van der Waals surface area contributed by atoms with Crippen molar-refractivity contribution in [3.63, 3.8) is 0 Å². The molecule has 0 unspecified atom stereocenters. The number of ether oxygens (including phenoxy) is 4. The normalized spacial score (nSPS) is 11.4. The molecule has 0 fully saturated rings. The first-order valence-corrected chi connectivity index (χ1v) is 15.0. The predicted molar refractivity (Wildman–Crippen MR) is 161 cm³/mol. The molecule has 9 heteroatoms. The van der Waals surface area contributed by atoms with Gasteiger partial charge in [0.1, 0.15) is 17.2 Å². The van der Waals surface area contributed by atoms with Crippen LogP contribution in [0.25, 0.3) is 11.6 Å². The van der Waals surface area contributed by atoms with Crippen LogP contribution in [-0.2, 0) is 24.5 Å². The van der Waals surface area contributed by atoms with Crippen LogP contribution in [0.5, 0.6) is 17.2 Å². The van der Waals surface area contributed by atoms with Crippen LogP contribution >= 0.6 is 23.5 Å². The lowest BCUT2D eigenvalue weighted by molar-refractivity contribution is 0.0509. The van der Waals surface area contributed by atoms with Gasteiger partial charge in [-0.1, -0.05) is 46.3 Å². The molecule has 0 amide bonds. The fourth-order valence-electron chi connectivity index (χ4n) is 3.64. The molecule has 3 aromatic carbocycles. The molecule has 0 N–H and O–H groups in total. The molecular formula is C30H38BrO7P. The molecule has 0 spiro atoms. The fraction of sp³-hybridized carbons (Fsp3) is 0.333. The molecule has 39 heavy (non-hydrogen) atoms. The Morgan fingerprint density at radius 3 is 2.13 bits per heavy atom. The summed E-state index contributed by atoms with van der Waals surface area (Å²) in [5.74, 6) is 2.36. The number of rotatable bonds is 13. The van der Waals surface area contributed by atoms with Gasteiger partial charge in [0.15, 0.2) is 6.79 Å². The van der Waals surface area contributed by atoms with Crippen LogP contribution < -0.4 is 14.2 Å². The van der Waals surface area contributed by atoms with Gasteiger partial charge in [-0.05, 0) is 79.9 Å². The van der Waals surface area contributed by atoms with Gasteiger partial charge in [-0.3, -0.25) is 4.57 Å². The van der Waals surface area contributed by atoms with Gasteiger partial charge < -0.3 is 28.0 Å². The van der Waals surface area contributed by atoms with Crippen molar-refractivity contribution >= 4 is 35.2 Å². The summed E-state index contributed by atoms with van der Waals surface area (Å²) in [6, 6.07) is 21.3. The summed E-state index contributed by atoms with van der Waals surface area (Å²) in [5.41, 5.74) is 4.10. The summed E-state index contributed by atoms with van der Waals surface area (Å²) in [5, 5.41) is 0. The number of methoxy groups -OCH3 is 3. The predicted octanol–water partition coefficient (Wildman–Crippen LogP) is 8.46. The van der Waals surface area contributed by atoms with Crippen molar-refractivity contribution in [3.05, 3.63) is 87.9 Å². The summed E-state index contributed by atoms with van der Waals surface area (Å²) < 4.78 is 44.8. The Morgan fingerprint density at radius 2 is 1.51 bits per heavy atom. The van der Waals surface area contributed by atoms with Crippen molar-refractivity contribution in [2.45, 2.75) is 26.9 Å². The Balaban J connectivity index is 0.000000283. The molecule has 0 aliphatic carbocycles. The lowest BCUT2D eigenvalue weighted by Crippen LogP contribution is -2.01. The highest BCUT2D eigenvalue weighted by molar-refractivity contribution is 9.10. The summed E-state index contributed by atoms with van der Waals surface area (Å²) in [6.07, 6.45) is 2.37. The van der Waals surface area contributed by atoms with Crippen molar-refractivity contribution in [2.75, 3.05) is 41.3 Å². The molecule has 0 radical (unpaired) electrons. The average molecular weight is 622 g/mol. The molecule has 212 valence electrons. The van der Waals surface area contributed by atoms with E-state index in [9.17, 15) is 4.57 Å². The summed E-state index contributed by atoms with van der Waals surface area (Å²) >= 11 is 3.47. The highest BCUT2D eigenvalue weighted by atomic mass is 79.9. The number of hydrogen-bond acceptors (Lipinski definition) is 7. The second kappa shape index (κ2) is 17.2. The molecule has 0 aliphatic heterocycles. The minimum atomic E-state index is -3.03. The third-order valence-corrected chi connectivity index (χ3v) is 7.89. The van der Waals surface area contributed by atoms with Gasteiger partial charge in [-0.25, -0.2) is 0 Å². The van der Waals surface area contributed by atoms with E-state index in [0.717, 1.165) is 44.0 Å². The highest BCUT2D eigenvalue weighted by Crippen LogP contribution is 2.51. The minimum Gasteiger partial charge on any atom is -0.497 e. The van der Waals surface area contributed by atoms with Crippen LogP contribution in [0.2, 0.25) is 0 Å². The second-order valence-electron chi connectivity index (χ2n) is 8.25. The molecule has 0 saturated heterocycles. The molecule has 0 heterocycles. The van der Waals surface area contributed by atoms with Gasteiger partial charge in [0, 0.05) is 17.1 Å². The van der Waals surface area contributed by atoms with Crippen molar-refractivity contribution in [1.29, 1.82) is 0 Å². The molecule has 3 aromatic rings. The van der Waals surface area contributed by atoms with Crippen molar-refractivity contribution in [2.24, 2.45) is 0 Å². The van der Waals surface area contributed by atoms with E-state index in [1.165, 1.54) is 0 Å². The van der Waals surface area contributed by atoms with Crippen molar-refractivity contribution < 1.29 is 32.6 Å². The van der Waals surface area contributed by atoms with Gasteiger partial charge in [-0.2, -0.15) is 0 Å².